The molecule has 4 heteroatoms. The Morgan fingerprint density at radius 2 is 2.30 bits per heavy atom. The number of hydrogen-bond donors (Lipinski definition) is 1. The second-order valence-electron chi connectivity index (χ2n) is 5.62. The van der Waals surface area contributed by atoms with Gasteiger partial charge in [-0.1, -0.05) is 6.07 Å². The highest BCUT2D eigenvalue weighted by Crippen LogP contribution is 2.30. The Hall–Kier alpha value is -1.55. The van der Waals surface area contributed by atoms with E-state index in [0.29, 0.717) is 11.7 Å². The number of benzene rings is 1. The van der Waals surface area contributed by atoms with Crippen LogP contribution in [0.5, 0.6) is 0 Å². The van der Waals surface area contributed by atoms with Crippen molar-refractivity contribution in [3.05, 3.63) is 29.3 Å². The first-order chi connectivity index (χ1) is 9.75. The molecule has 3 rings (SSSR count). The number of rotatable bonds is 4. The van der Waals surface area contributed by atoms with Gasteiger partial charge >= 0.3 is 5.97 Å². The lowest BCUT2D eigenvalue weighted by Gasteiger charge is -2.32. The molecule has 2 aliphatic rings. The summed E-state index contributed by atoms with van der Waals surface area (Å²) in [4.78, 5) is 13.6. The van der Waals surface area contributed by atoms with Gasteiger partial charge < -0.3 is 14.7 Å². The van der Waals surface area contributed by atoms with Crippen molar-refractivity contribution in [3.63, 3.8) is 0 Å². The minimum atomic E-state index is -0.817. The summed E-state index contributed by atoms with van der Waals surface area (Å²) in [5.74, 6) is -0.817. The summed E-state index contributed by atoms with van der Waals surface area (Å²) in [5, 5.41) is 9.29. The van der Waals surface area contributed by atoms with E-state index in [4.69, 9.17) is 4.74 Å². The molecule has 0 saturated carbocycles. The zero-order chi connectivity index (χ0) is 13.9. The molecule has 0 radical (unpaired) electrons. The molecule has 0 amide bonds. The molecule has 1 fully saturated rings. The first-order valence-electron chi connectivity index (χ1n) is 7.47. The molecule has 0 aromatic heterocycles. The lowest BCUT2D eigenvalue weighted by Crippen LogP contribution is -2.32. The van der Waals surface area contributed by atoms with Crippen LogP contribution in [0, 0.1) is 0 Å². The minimum absolute atomic E-state index is 0.392. The molecule has 2 heterocycles. The molecule has 20 heavy (non-hydrogen) atoms. The van der Waals surface area contributed by atoms with E-state index >= 15 is 0 Å². The minimum Gasteiger partial charge on any atom is -0.478 e. The van der Waals surface area contributed by atoms with Crippen LogP contribution in [0.25, 0.3) is 0 Å². The maximum Gasteiger partial charge on any atom is 0.336 e. The highest BCUT2D eigenvalue weighted by Gasteiger charge is 2.23. The van der Waals surface area contributed by atoms with Crippen LogP contribution in [0.1, 0.15) is 41.6 Å². The van der Waals surface area contributed by atoms with Crippen LogP contribution in [-0.4, -0.2) is 36.9 Å². The fourth-order valence-corrected chi connectivity index (χ4v) is 3.31. The summed E-state index contributed by atoms with van der Waals surface area (Å²) in [6, 6.07) is 5.62. The first-order valence-corrected chi connectivity index (χ1v) is 7.47. The van der Waals surface area contributed by atoms with Gasteiger partial charge in [-0.3, -0.25) is 0 Å². The first kappa shape index (κ1) is 13.4. The number of hydrogen-bond acceptors (Lipinski definition) is 3. The average Bonchev–Trinajstić information content (AvgIpc) is 2.97. The molecule has 0 bridgehead atoms. The zero-order valence-electron chi connectivity index (χ0n) is 11.7. The maximum atomic E-state index is 11.3. The van der Waals surface area contributed by atoms with E-state index in [0.717, 1.165) is 56.6 Å². The van der Waals surface area contributed by atoms with Gasteiger partial charge in [0.25, 0.3) is 0 Å². The summed E-state index contributed by atoms with van der Waals surface area (Å²) in [6.45, 7) is 2.87. The summed E-state index contributed by atoms with van der Waals surface area (Å²) < 4.78 is 5.67. The van der Waals surface area contributed by atoms with Gasteiger partial charge in [0.1, 0.15) is 0 Å². The SMILES string of the molecule is O=C(O)c1cccc2c1CCCN2CCC1CCCO1. The van der Waals surface area contributed by atoms with Crippen LogP contribution in [-0.2, 0) is 11.2 Å². The van der Waals surface area contributed by atoms with Crippen LogP contribution in [0.4, 0.5) is 5.69 Å². The van der Waals surface area contributed by atoms with Crippen molar-refractivity contribution in [2.24, 2.45) is 0 Å². The maximum absolute atomic E-state index is 11.3. The van der Waals surface area contributed by atoms with E-state index in [2.05, 4.69) is 11.0 Å². The van der Waals surface area contributed by atoms with Crippen LogP contribution in [0.2, 0.25) is 0 Å². The van der Waals surface area contributed by atoms with Crippen molar-refractivity contribution in [1.82, 2.24) is 0 Å². The third-order valence-electron chi connectivity index (χ3n) is 4.32. The Bertz CT molecular complexity index is 494. The fraction of sp³-hybridized carbons (Fsp3) is 0.562. The number of fused-ring (bicyclic) bond motifs is 1. The normalized spacial score (nSPS) is 21.8. The number of nitrogens with zero attached hydrogens (tertiary/aromatic N) is 1. The lowest BCUT2D eigenvalue weighted by atomic mass is 9.96. The highest BCUT2D eigenvalue weighted by atomic mass is 16.5. The molecular formula is C16H21NO3. The van der Waals surface area contributed by atoms with Gasteiger partial charge in [0.05, 0.1) is 11.7 Å². The largest absolute Gasteiger partial charge is 0.478 e. The van der Waals surface area contributed by atoms with Gasteiger partial charge in [0.15, 0.2) is 0 Å². The fourth-order valence-electron chi connectivity index (χ4n) is 3.31. The Balaban J connectivity index is 1.75. The number of anilines is 1. The molecule has 1 saturated heterocycles. The van der Waals surface area contributed by atoms with Crippen molar-refractivity contribution in [1.29, 1.82) is 0 Å². The topological polar surface area (TPSA) is 49.8 Å². The van der Waals surface area contributed by atoms with E-state index in [9.17, 15) is 9.90 Å². The van der Waals surface area contributed by atoms with Gasteiger partial charge in [-0.05, 0) is 49.8 Å². The van der Waals surface area contributed by atoms with Crippen molar-refractivity contribution >= 4 is 11.7 Å². The monoisotopic (exact) mass is 275 g/mol. The van der Waals surface area contributed by atoms with Gasteiger partial charge in [0, 0.05) is 25.4 Å². The summed E-state index contributed by atoms with van der Waals surface area (Å²) in [6.07, 6.45) is 5.66. The van der Waals surface area contributed by atoms with Crippen molar-refractivity contribution in [2.75, 3.05) is 24.6 Å². The highest BCUT2D eigenvalue weighted by molar-refractivity contribution is 5.91. The number of carbonyl (C=O) groups is 1. The molecule has 2 aliphatic heterocycles. The van der Waals surface area contributed by atoms with Crippen LogP contribution < -0.4 is 4.90 Å². The van der Waals surface area contributed by atoms with Crippen LogP contribution >= 0.6 is 0 Å². The Kier molecular flexibility index (Phi) is 3.92. The molecule has 1 aromatic carbocycles. The molecule has 108 valence electrons. The Labute approximate surface area is 119 Å². The Morgan fingerprint density at radius 1 is 1.40 bits per heavy atom. The molecule has 0 aliphatic carbocycles. The lowest BCUT2D eigenvalue weighted by molar-refractivity contribution is 0.0695. The molecule has 0 spiro atoms. The molecule has 1 N–H and O–H groups in total. The number of aromatic carboxylic acids is 1. The summed E-state index contributed by atoms with van der Waals surface area (Å²) in [5.41, 5.74) is 2.57. The second-order valence-corrected chi connectivity index (χ2v) is 5.62. The van der Waals surface area contributed by atoms with E-state index in [-0.39, 0.29) is 0 Å². The van der Waals surface area contributed by atoms with E-state index in [1.165, 1.54) is 6.42 Å². The smallest absolute Gasteiger partial charge is 0.336 e. The van der Waals surface area contributed by atoms with E-state index in [1.54, 1.807) is 6.07 Å². The number of ether oxygens (including phenoxy) is 1. The summed E-state index contributed by atoms with van der Waals surface area (Å²) in [7, 11) is 0. The standard InChI is InChI=1S/C16H21NO3/c18-16(19)14-5-1-7-15-13(14)6-2-9-17(15)10-8-12-4-3-11-20-12/h1,5,7,12H,2-4,6,8-11H2,(H,18,19). The van der Waals surface area contributed by atoms with Crippen LogP contribution in [0.3, 0.4) is 0 Å². The predicted octanol–water partition coefficient (Wildman–Crippen LogP) is 2.71. The van der Waals surface area contributed by atoms with E-state index < -0.39 is 5.97 Å². The van der Waals surface area contributed by atoms with Crippen molar-refractivity contribution in [3.8, 4) is 0 Å². The molecule has 1 atom stereocenters. The van der Waals surface area contributed by atoms with Gasteiger partial charge in [-0.25, -0.2) is 4.79 Å². The second kappa shape index (κ2) is 5.83. The quantitative estimate of drug-likeness (QED) is 0.918. The van der Waals surface area contributed by atoms with Crippen molar-refractivity contribution < 1.29 is 14.6 Å². The number of carboxylic acids is 1. The third kappa shape index (κ3) is 2.66. The zero-order valence-corrected chi connectivity index (χ0v) is 11.7. The predicted molar refractivity (Wildman–Crippen MR) is 77.5 cm³/mol. The van der Waals surface area contributed by atoms with Crippen molar-refractivity contribution in [2.45, 2.75) is 38.2 Å². The third-order valence-corrected chi connectivity index (χ3v) is 4.32. The van der Waals surface area contributed by atoms with Gasteiger partial charge in [0.2, 0.25) is 0 Å². The van der Waals surface area contributed by atoms with Gasteiger partial charge in [-0.2, -0.15) is 0 Å². The summed E-state index contributed by atoms with van der Waals surface area (Å²) >= 11 is 0. The van der Waals surface area contributed by atoms with Crippen LogP contribution in [0.15, 0.2) is 18.2 Å². The van der Waals surface area contributed by atoms with E-state index in [1.807, 2.05) is 6.07 Å². The average molecular weight is 275 g/mol. The Morgan fingerprint density at radius 3 is 3.05 bits per heavy atom. The molecular weight excluding hydrogens is 254 g/mol. The molecule has 1 unspecified atom stereocenters. The van der Waals surface area contributed by atoms with Gasteiger partial charge in [-0.15, -0.1) is 0 Å². The molecule has 1 aromatic rings. The number of carboxylic acid groups (broad SMARTS) is 1. The molecule has 4 nitrogen and oxygen atoms in total.